The molecule has 3 fully saturated rings. The molecule has 0 spiro atoms. The Hall–Kier alpha value is -7.59. The van der Waals surface area contributed by atoms with E-state index in [9.17, 15) is 74.4 Å². The summed E-state index contributed by atoms with van der Waals surface area (Å²) in [6, 6.07) is 15.2. The highest BCUT2D eigenvalue weighted by Gasteiger charge is 2.50. The number of aromatic hydroxyl groups is 1. The van der Waals surface area contributed by atoms with Crippen molar-refractivity contribution in [1.29, 1.82) is 0 Å². The molecule has 3 aliphatic heterocycles. The van der Waals surface area contributed by atoms with Crippen molar-refractivity contribution in [3.8, 4) is 33.8 Å². The molecule has 0 radical (unpaired) electrons. The van der Waals surface area contributed by atoms with E-state index in [1.807, 2.05) is 48.5 Å². The van der Waals surface area contributed by atoms with Gasteiger partial charge in [0.15, 0.2) is 6.23 Å². The molecular weight excluding hydrogens is 1130 g/mol. The molecule has 7 amide bonds. The molecule has 3 saturated heterocycles. The molecule has 472 valence electrons. The van der Waals surface area contributed by atoms with Gasteiger partial charge in [-0.3, -0.25) is 33.6 Å². The highest BCUT2D eigenvalue weighted by Crippen LogP contribution is 2.30. The van der Waals surface area contributed by atoms with Crippen molar-refractivity contribution in [3.63, 3.8) is 0 Å². The van der Waals surface area contributed by atoms with Crippen molar-refractivity contribution in [3.05, 3.63) is 108 Å². The van der Waals surface area contributed by atoms with Crippen LogP contribution in [-0.2, 0) is 33.5 Å². The van der Waals surface area contributed by atoms with Crippen LogP contribution < -0.4 is 31.3 Å². The first kappa shape index (κ1) is 66.9. The number of aliphatic hydroxyl groups excluding tert-OH is 7. The average Bonchev–Trinajstić information content (AvgIpc) is 2.34. The summed E-state index contributed by atoms with van der Waals surface area (Å²) < 4.78 is 11.9. The number of unbranched alkanes of at least 4 members (excludes halogenated alkanes) is 2. The molecule has 13 N–H and O–H groups in total. The Labute approximate surface area is 504 Å². The first-order chi connectivity index (χ1) is 41.4. The van der Waals surface area contributed by atoms with Gasteiger partial charge in [0.05, 0.1) is 37.6 Å². The Balaban J connectivity index is 1.22. The zero-order valence-electron chi connectivity index (χ0n) is 49.6. The first-order valence-corrected chi connectivity index (χ1v) is 29.3. The number of carbonyl (C=O) groups excluding carboxylic acids is 7. The van der Waals surface area contributed by atoms with E-state index in [-0.39, 0.29) is 36.6 Å². The maximum Gasteiger partial charge on any atom is 0.251 e. The summed E-state index contributed by atoms with van der Waals surface area (Å²) in [7, 11) is 3.43. The van der Waals surface area contributed by atoms with Gasteiger partial charge in [-0.2, -0.15) is 0 Å². The SMILES string of the molecule is CCCCCOc1ccc(-c2ccc(-c3ccc(C(=O)NC4C[C@@H](O)C(OCCN(C)C)NC(=O)C5[C@@H](O)[C@@H](C)CN5C(=O)C([C@@H](C)O)NC(=O)C([C@H](O)[C@@H](O)c5ccc(O)cc5)NC(=O)C5C[C@@H](O)CN5C(=O)C([C@@H](C)O)NC4=O)cc3)cc2)cc1. The lowest BCUT2D eigenvalue weighted by molar-refractivity contribution is -0.149. The normalized spacial score (nSPS) is 26.7. The Bertz CT molecular complexity index is 2990. The quantitative estimate of drug-likeness (QED) is 0.0567. The summed E-state index contributed by atoms with van der Waals surface area (Å²) in [4.78, 5) is 105. The lowest BCUT2D eigenvalue weighted by Gasteiger charge is -2.34. The number of rotatable bonds is 18. The summed E-state index contributed by atoms with van der Waals surface area (Å²) in [6.07, 6.45) is -12.6. The molecule has 25 nitrogen and oxygen atoms in total. The van der Waals surface area contributed by atoms with Gasteiger partial charge in [0.25, 0.3) is 5.91 Å². The third kappa shape index (κ3) is 16.9. The number of nitrogens with zero attached hydrogens (tertiary/aromatic N) is 3. The molecule has 0 aromatic heterocycles. The fourth-order valence-electron chi connectivity index (χ4n) is 10.7. The Morgan fingerprint density at radius 2 is 1.20 bits per heavy atom. The number of ether oxygens (including phenoxy) is 2. The summed E-state index contributed by atoms with van der Waals surface area (Å²) >= 11 is 0. The van der Waals surface area contributed by atoms with Crippen molar-refractivity contribution in [2.45, 2.75) is 145 Å². The maximum atomic E-state index is 14.8. The topological polar surface area (TPSA) is 370 Å². The van der Waals surface area contributed by atoms with Crippen LogP contribution in [0.3, 0.4) is 0 Å². The highest BCUT2D eigenvalue weighted by atomic mass is 16.5. The molecule has 3 heterocycles. The second-order valence-corrected chi connectivity index (χ2v) is 22.9. The number of fused-ring (bicyclic) bond motifs is 2. The van der Waals surface area contributed by atoms with Crippen LogP contribution in [0.4, 0.5) is 0 Å². The van der Waals surface area contributed by atoms with E-state index in [0.29, 0.717) is 6.61 Å². The molecule has 4 aromatic rings. The number of hydrogen-bond donors (Lipinski definition) is 13. The number of amides is 7. The predicted octanol–water partition coefficient (Wildman–Crippen LogP) is -0.341. The predicted molar refractivity (Wildman–Crippen MR) is 316 cm³/mol. The molecule has 0 aliphatic carbocycles. The van der Waals surface area contributed by atoms with E-state index in [1.165, 1.54) is 43.3 Å². The zero-order valence-corrected chi connectivity index (χ0v) is 49.6. The minimum Gasteiger partial charge on any atom is -0.508 e. The van der Waals surface area contributed by atoms with Crippen molar-refractivity contribution >= 4 is 41.4 Å². The Morgan fingerprint density at radius 3 is 1.76 bits per heavy atom. The van der Waals surface area contributed by atoms with E-state index >= 15 is 0 Å². The van der Waals surface area contributed by atoms with E-state index < -0.39 is 152 Å². The van der Waals surface area contributed by atoms with Gasteiger partial charge < -0.3 is 91.6 Å². The molecule has 7 rings (SSSR count). The van der Waals surface area contributed by atoms with Gasteiger partial charge in [-0.15, -0.1) is 0 Å². The number of likely N-dealkylation sites (N-methyl/N-ethyl adjacent to an activating group) is 1. The molecule has 7 unspecified atom stereocenters. The van der Waals surface area contributed by atoms with Gasteiger partial charge in [-0.05, 0) is 98.6 Å². The molecule has 87 heavy (non-hydrogen) atoms. The van der Waals surface area contributed by atoms with Gasteiger partial charge in [-0.1, -0.05) is 87.4 Å². The number of aliphatic hydroxyl groups is 7. The second kappa shape index (κ2) is 30.4. The van der Waals surface area contributed by atoms with Gasteiger partial charge >= 0.3 is 0 Å². The summed E-state index contributed by atoms with van der Waals surface area (Å²) in [6.45, 7) is 5.69. The van der Waals surface area contributed by atoms with E-state index in [0.717, 1.165) is 70.9 Å². The average molecular weight is 1210 g/mol. The van der Waals surface area contributed by atoms with Crippen LogP contribution >= 0.6 is 0 Å². The van der Waals surface area contributed by atoms with Crippen LogP contribution in [0.15, 0.2) is 97.1 Å². The van der Waals surface area contributed by atoms with Gasteiger partial charge in [0.1, 0.15) is 66.1 Å². The van der Waals surface area contributed by atoms with E-state index in [2.05, 4.69) is 33.5 Å². The molecule has 0 saturated carbocycles. The molecule has 0 bridgehead atoms. The van der Waals surface area contributed by atoms with Crippen LogP contribution in [0.25, 0.3) is 22.3 Å². The maximum absolute atomic E-state index is 14.8. The largest absolute Gasteiger partial charge is 0.508 e. The fourth-order valence-corrected chi connectivity index (χ4v) is 10.7. The summed E-state index contributed by atoms with van der Waals surface area (Å²) in [5.74, 6) is -8.26. The smallest absolute Gasteiger partial charge is 0.251 e. The summed E-state index contributed by atoms with van der Waals surface area (Å²) in [5, 5.41) is 102. The number of carbonyl (C=O) groups is 7. The minimum atomic E-state index is -2.29. The molecule has 15 atom stereocenters. The van der Waals surface area contributed by atoms with Crippen LogP contribution in [0, 0.1) is 5.92 Å². The van der Waals surface area contributed by atoms with Crippen LogP contribution in [0.2, 0.25) is 0 Å². The number of nitrogens with one attached hydrogen (secondary N) is 5. The van der Waals surface area contributed by atoms with Crippen molar-refractivity contribution < 1.29 is 83.9 Å². The number of phenolic OH excluding ortho intramolecular Hbond substituents is 1. The van der Waals surface area contributed by atoms with Crippen molar-refractivity contribution in [2.24, 2.45) is 5.92 Å². The molecule has 4 aromatic carbocycles. The van der Waals surface area contributed by atoms with Crippen LogP contribution in [0.5, 0.6) is 11.5 Å². The molecule has 3 aliphatic rings. The Morgan fingerprint density at radius 1 is 0.655 bits per heavy atom. The third-order valence-corrected chi connectivity index (χ3v) is 15.9. The van der Waals surface area contributed by atoms with E-state index in [1.54, 1.807) is 31.1 Å². The van der Waals surface area contributed by atoms with Crippen molar-refractivity contribution in [2.75, 3.05) is 46.9 Å². The molecule has 25 heteroatoms. The summed E-state index contributed by atoms with van der Waals surface area (Å²) in [5.41, 5.74) is 3.47. The Kier molecular flexibility index (Phi) is 23.4. The number of benzene rings is 4. The monoisotopic (exact) mass is 1210 g/mol. The second-order valence-electron chi connectivity index (χ2n) is 22.9. The van der Waals surface area contributed by atoms with E-state index in [4.69, 9.17) is 9.47 Å². The first-order valence-electron chi connectivity index (χ1n) is 29.3. The van der Waals surface area contributed by atoms with Gasteiger partial charge in [0.2, 0.25) is 35.4 Å². The lowest BCUT2D eigenvalue weighted by Crippen LogP contribution is -2.64. The minimum absolute atomic E-state index is 0.0451. The van der Waals surface area contributed by atoms with Crippen LogP contribution in [0.1, 0.15) is 81.8 Å². The van der Waals surface area contributed by atoms with Gasteiger partial charge in [0, 0.05) is 44.0 Å². The fraction of sp³-hybridized carbons (Fsp3) is 0.500. The lowest BCUT2D eigenvalue weighted by atomic mass is 9.96. The van der Waals surface area contributed by atoms with Crippen LogP contribution in [-0.4, -0.2) is 223 Å². The molecular formula is C62H82N8O17. The zero-order chi connectivity index (χ0) is 63.4. The number of hydrogen-bond acceptors (Lipinski definition) is 18. The third-order valence-electron chi connectivity index (χ3n) is 15.9. The highest BCUT2D eigenvalue weighted by molar-refractivity contribution is 6.00. The van der Waals surface area contributed by atoms with Crippen molar-refractivity contribution in [1.82, 2.24) is 41.3 Å². The number of phenols is 1. The standard InChI is InChI=1S/C62H82N8O17/c1-7-8-9-27-86-44-24-20-39(21-25-44)37-12-10-36(11-13-37)38-14-16-41(17-15-38)55(79)63-45-30-47(75)60(87-28-26-68(5)6)67-59(83)51-52(76)33(2)31-70(51)62(85)49(35(4)72)65-58(82)50(54(78)53(77)40-18-22-42(73)23-19-40)66-57(81)46-29-43(74)32-69(46)61(84)48(34(3)71)64-56(45)80/h10-25,33-35,43,45-54,60,71-78H,7-9,26-32H2,1-6H3,(H,63,79)(H,64,80)(H,65,82)(H,66,81)(H,67,83)/t33-,34+,35+,43+,45?,46?,47+,48?,49?,50?,51?,52-,53-,54-,60?/m0/s1. The van der Waals surface area contributed by atoms with Gasteiger partial charge in [-0.25, -0.2) is 0 Å².